The monoisotopic (exact) mass is 424 g/mol. The Balaban J connectivity index is 0.00000264. The third-order valence-electron chi connectivity index (χ3n) is 3.26. The lowest BCUT2D eigenvalue weighted by Gasteiger charge is -2.21. The van der Waals surface area contributed by atoms with E-state index in [0.29, 0.717) is 12.1 Å². The van der Waals surface area contributed by atoms with Crippen LogP contribution >= 0.6 is 24.0 Å². The van der Waals surface area contributed by atoms with E-state index in [-0.39, 0.29) is 24.0 Å². The van der Waals surface area contributed by atoms with E-state index in [1.54, 1.807) is 17.8 Å². The Morgan fingerprint density at radius 3 is 2.83 bits per heavy atom. The highest BCUT2D eigenvalue weighted by Gasteiger charge is 2.07. The van der Waals surface area contributed by atoms with Gasteiger partial charge < -0.3 is 10.2 Å². The summed E-state index contributed by atoms with van der Waals surface area (Å²) in [7, 11) is 5.64. The summed E-state index contributed by atoms with van der Waals surface area (Å²) in [5, 5.41) is 16.4. The molecule has 0 aliphatic carbocycles. The molecule has 0 atom stereocenters. The third-order valence-corrected chi connectivity index (χ3v) is 3.26. The van der Waals surface area contributed by atoms with Gasteiger partial charge in [-0.05, 0) is 17.7 Å². The molecule has 0 radical (unpaired) electrons. The Labute approximate surface area is 153 Å². The van der Waals surface area contributed by atoms with Crippen LogP contribution in [-0.2, 0) is 20.1 Å². The second-order valence-corrected chi connectivity index (χ2v) is 5.09. The van der Waals surface area contributed by atoms with Crippen molar-refractivity contribution in [3.63, 3.8) is 0 Å². The topological polar surface area (TPSA) is 69.2 Å². The summed E-state index contributed by atoms with van der Waals surface area (Å²) in [6.07, 6.45) is 3.83. The van der Waals surface area contributed by atoms with E-state index in [1.165, 1.54) is 0 Å². The molecule has 1 N–H and O–H groups in total. The van der Waals surface area contributed by atoms with E-state index >= 15 is 0 Å². The summed E-state index contributed by atoms with van der Waals surface area (Å²) < 4.78 is 1.78. The summed E-state index contributed by atoms with van der Waals surface area (Å²) in [5.41, 5.74) is 2.84. The van der Waals surface area contributed by atoms with Crippen molar-refractivity contribution in [3.05, 3.63) is 53.3 Å². The Hall–Kier alpha value is -2.08. The Morgan fingerprint density at radius 2 is 2.22 bits per heavy atom. The quantitative estimate of drug-likeness (QED) is 0.464. The number of nitriles is 1. The number of benzene rings is 1. The van der Waals surface area contributed by atoms with E-state index in [9.17, 15) is 0 Å². The zero-order valence-corrected chi connectivity index (χ0v) is 15.9. The summed E-state index contributed by atoms with van der Waals surface area (Å²) in [5.74, 6) is 0.797. The van der Waals surface area contributed by atoms with Gasteiger partial charge in [0, 0.05) is 46.0 Å². The van der Waals surface area contributed by atoms with Crippen molar-refractivity contribution in [3.8, 4) is 6.07 Å². The van der Waals surface area contributed by atoms with Crippen LogP contribution in [0, 0.1) is 11.3 Å². The molecule has 0 saturated heterocycles. The van der Waals surface area contributed by atoms with Gasteiger partial charge in [0.05, 0.1) is 17.8 Å². The second-order valence-electron chi connectivity index (χ2n) is 5.09. The minimum absolute atomic E-state index is 0. The molecular formula is C16H21IN6. The summed E-state index contributed by atoms with van der Waals surface area (Å²) in [6, 6.07) is 9.70. The Kier molecular flexibility index (Phi) is 7.54. The molecule has 1 aromatic heterocycles. The largest absolute Gasteiger partial charge is 0.352 e. The van der Waals surface area contributed by atoms with E-state index in [1.807, 2.05) is 49.6 Å². The number of aryl methyl sites for hydroxylation is 1. The molecule has 122 valence electrons. The number of guanidine groups is 1. The summed E-state index contributed by atoms with van der Waals surface area (Å²) >= 11 is 0. The fourth-order valence-corrected chi connectivity index (χ4v) is 2.22. The van der Waals surface area contributed by atoms with Crippen molar-refractivity contribution in [2.75, 3.05) is 14.1 Å². The maximum absolute atomic E-state index is 8.93. The molecular weight excluding hydrogens is 403 g/mol. The third kappa shape index (κ3) is 5.56. The molecule has 1 heterocycles. The lowest BCUT2D eigenvalue weighted by molar-refractivity contribution is 0.476. The number of hydrogen-bond donors (Lipinski definition) is 1. The standard InChI is InChI=1S/C16H20N6.HI/c1-18-16(21(2)11-15-10-20-22(3)12-15)19-9-14-6-4-5-13(7-14)8-17;/h4-7,10,12H,9,11H2,1-3H3,(H,18,19);1H. The first-order valence-corrected chi connectivity index (χ1v) is 7.00. The van der Waals surface area contributed by atoms with Gasteiger partial charge in [-0.25, -0.2) is 0 Å². The van der Waals surface area contributed by atoms with Gasteiger partial charge in [0.15, 0.2) is 5.96 Å². The smallest absolute Gasteiger partial charge is 0.193 e. The first-order valence-electron chi connectivity index (χ1n) is 7.00. The van der Waals surface area contributed by atoms with E-state index in [2.05, 4.69) is 21.5 Å². The van der Waals surface area contributed by atoms with Crippen LogP contribution in [0.4, 0.5) is 0 Å². The highest BCUT2D eigenvalue weighted by Crippen LogP contribution is 2.05. The lowest BCUT2D eigenvalue weighted by Crippen LogP contribution is -2.37. The molecule has 0 bridgehead atoms. The van der Waals surface area contributed by atoms with Gasteiger partial charge in [-0.2, -0.15) is 10.4 Å². The molecule has 6 nitrogen and oxygen atoms in total. The molecule has 0 spiro atoms. The minimum Gasteiger partial charge on any atom is -0.352 e. The Morgan fingerprint density at radius 1 is 1.43 bits per heavy atom. The summed E-state index contributed by atoms with van der Waals surface area (Å²) in [6.45, 7) is 1.35. The first kappa shape index (κ1) is 19.0. The van der Waals surface area contributed by atoms with E-state index < -0.39 is 0 Å². The van der Waals surface area contributed by atoms with Crippen LogP contribution in [0.3, 0.4) is 0 Å². The average Bonchev–Trinajstić information content (AvgIpc) is 2.93. The zero-order valence-electron chi connectivity index (χ0n) is 13.5. The molecule has 0 unspecified atom stereocenters. The molecule has 0 fully saturated rings. The van der Waals surface area contributed by atoms with Gasteiger partial charge in [-0.3, -0.25) is 9.67 Å². The number of aromatic nitrogens is 2. The van der Waals surface area contributed by atoms with Crippen LogP contribution in [-0.4, -0.2) is 34.7 Å². The molecule has 2 rings (SSSR count). The van der Waals surface area contributed by atoms with Gasteiger partial charge in [-0.1, -0.05) is 12.1 Å². The number of halogens is 1. The fraction of sp³-hybridized carbons (Fsp3) is 0.312. The van der Waals surface area contributed by atoms with Crippen molar-refractivity contribution in [1.29, 1.82) is 5.26 Å². The predicted molar refractivity (Wildman–Crippen MR) is 101 cm³/mol. The molecule has 0 amide bonds. The SMILES string of the molecule is CN=C(NCc1cccc(C#N)c1)N(C)Cc1cnn(C)c1.I. The van der Waals surface area contributed by atoms with Crippen LogP contribution in [0.2, 0.25) is 0 Å². The average molecular weight is 424 g/mol. The molecule has 0 saturated carbocycles. The van der Waals surface area contributed by atoms with Crippen molar-refractivity contribution < 1.29 is 0 Å². The number of nitrogens with zero attached hydrogens (tertiary/aromatic N) is 5. The molecule has 1 aromatic carbocycles. The van der Waals surface area contributed by atoms with Gasteiger partial charge in [0.25, 0.3) is 0 Å². The van der Waals surface area contributed by atoms with Crippen molar-refractivity contribution in [1.82, 2.24) is 20.0 Å². The molecule has 2 aromatic rings. The number of aliphatic imine (C=N–C) groups is 1. The van der Waals surface area contributed by atoms with Crippen LogP contribution in [0.25, 0.3) is 0 Å². The van der Waals surface area contributed by atoms with Crippen molar-refractivity contribution >= 4 is 29.9 Å². The first-order chi connectivity index (χ1) is 10.6. The molecule has 0 aliphatic heterocycles. The normalized spacial score (nSPS) is 10.6. The van der Waals surface area contributed by atoms with E-state index in [4.69, 9.17) is 5.26 Å². The lowest BCUT2D eigenvalue weighted by atomic mass is 10.1. The molecule has 7 heteroatoms. The maximum Gasteiger partial charge on any atom is 0.193 e. The van der Waals surface area contributed by atoms with Crippen molar-refractivity contribution in [2.45, 2.75) is 13.1 Å². The second kappa shape index (κ2) is 9.15. The van der Waals surface area contributed by atoms with Crippen molar-refractivity contribution in [2.24, 2.45) is 12.0 Å². The maximum atomic E-state index is 8.93. The number of rotatable bonds is 4. The highest BCUT2D eigenvalue weighted by molar-refractivity contribution is 14.0. The van der Waals surface area contributed by atoms with Gasteiger partial charge in [0.2, 0.25) is 0 Å². The van der Waals surface area contributed by atoms with Gasteiger partial charge in [0.1, 0.15) is 0 Å². The molecule has 23 heavy (non-hydrogen) atoms. The fourth-order valence-electron chi connectivity index (χ4n) is 2.22. The Bertz CT molecular complexity index is 701. The number of hydrogen-bond acceptors (Lipinski definition) is 3. The van der Waals surface area contributed by atoms with Crippen LogP contribution < -0.4 is 5.32 Å². The number of nitrogens with one attached hydrogen (secondary N) is 1. The predicted octanol–water partition coefficient (Wildman–Crippen LogP) is 2.12. The minimum atomic E-state index is 0. The molecule has 0 aliphatic rings. The van der Waals surface area contributed by atoms with E-state index in [0.717, 1.165) is 23.6 Å². The van der Waals surface area contributed by atoms with Gasteiger partial charge >= 0.3 is 0 Å². The van der Waals surface area contributed by atoms with Crippen LogP contribution in [0.1, 0.15) is 16.7 Å². The zero-order chi connectivity index (χ0) is 15.9. The highest BCUT2D eigenvalue weighted by atomic mass is 127. The van der Waals surface area contributed by atoms with Gasteiger partial charge in [-0.15, -0.1) is 24.0 Å². The summed E-state index contributed by atoms with van der Waals surface area (Å²) in [4.78, 5) is 6.32. The van der Waals surface area contributed by atoms with Crippen LogP contribution in [0.15, 0.2) is 41.7 Å². The van der Waals surface area contributed by atoms with Crippen LogP contribution in [0.5, 0.6) is 0 Å².